The van der Waals surface area contributed by atoms with E-state index in [1.165, 1.54) is 6.42 Å². The summed E-state index contributed by atoms with van der Waals surface area (Å²) >= 11 is 1.71. The van der Waals surface area contributed by atoms with E-state index in [1.54, 1.807) is 11.3 Å². The van der Waals surface area contributed by atoms with Crippen molar-refractivity contribution in [3.05, 3.63) is 28.7 Å². The van der Waals surface area contributed by atoms with Crippen LogP contribution in [0, 0.1) is 12.8 Å². The smallest absolute Gasteiger partial charge is 0.134 e. The van der Waals surface area contributed by atoms with Crippen molar-refractivity contribution < 1.29 is 0 Å². The van der Waals surface area contributed by atoms with Crippen LogP contribution in [-0.4, -0.2) is 37.7 Å². The second-order valence-electron chi connectivity index (χ2n) is 5.67. The van der Waals surface area contributed by atoms with E-state index in [1.807, 2.05) is 19.4 Å². The fraction of sp³-hybridized carbons (Fsp3) is 0.643. The van der Waals surface area contributed by atoms with Crippen LogP contribution >= 0.6 is 11.3 Å². The summed E-state index contributed by atoms with van der Waals surface area (Å²) in [5, 5.41) is 10.6. The average molecular weight is 291 g/mol. The third kappa shape index (κ3) is 2.62. The van der Waals surface area contributed by atoms with E-state index in [2.05, 4.69) is 44.7 Å². The summed E-state index contributed by atoms with van der Waals surface area (Å²) in [6.07, 6.45) is 7.09. The maximum Gasteiger partial charge on any atom is 0.134 e. The quantitative estimate of drug-likeness (QED) is 0.872. The topological polar surface area (TPSA) is 46.8 Å². The number of likely N-dealkylation sites (tertiary alicyclic amines) is 1. The Hall–Kier alpha value is -1.27. The molecule has 1 saturated heterocycles. The molecule has 3 heterocycles. The van der Waals surface area contributed by atoms with Crippen molar-refractivity contribution >= 4 is 11.3 Å². The summed E-state index contributed by atoms with van der Waals surface area (Å²) in [5.74, 6) is 0.684. The summed E-state index contributed by atoms with van der Waals surface area (Å²) in [6, 6.07) is 0.849. The SMILES string of the molecule is Cc1nnc([C@H](C)N2CC[C@@H](C)[C@@H](n3ccnc3)C2)s1. The first-order valence-corrected chi connectivity index (χ1v) is 7.98. The normalized spacial score (nSPS) is 25.8. The molecule has 0 radical (unpaired) electrons. The summed E-state index contributed by atoms with van der Waals surface area (Å²) in [4.78, 5) is 6.71. The minimum absolute atomic E-state index is 0.347. The van der Waals surface area contributed by atoms with Gasteiger partial charge in [0.1, 0.15) is 10.0 Å². The lowest BCUT2D eigenvalue weighted by molar-refractivity contribution is 0.0981. The van der Waals surface area contributed by atoms with Crippen molar-refractivity contribution in [1.29, 1.82) is 0 Å². The zero-order valence-corrected chi connectivity index (χ0v) is 13.0. The van der Waals surface area contributed by atoms with Crippen molar-refractivity contribution in [2.45, 2.75) is 39.3 Å². The van der Waals surface area contributed by atoms with Gasteiger partial charge in [-0.15, -0.1) is 21.5 Å². The van der Waals surface area contributed by atoms with Gasteiger partial charge in [-0.1, -0.05) is 6.92 Å². The molecule has 6 heteroatoms. The van der Waals surface area contributed by atoms with Crippen molar-refractivity contribution in [3.63, 3.8) is 0 Å². The molecule has 108 valence electrons. The Morgan fingerprint density at radius 1 is 1.40 bits per heavy atom. The van der Waals surface area contributed by atoms with Gasteiger partial charge in [-0.05, 0) is 32.7 Å². The van der Waals surface area contributed by atoms with Gasteiger partial charge in [0.15, 0.2) is 0 Å². The van der Waals surface area contributed by atoms with Gasteiger partial charge in [0.25, 0.3) is 0 Å². The van der Waals surface area contributed by atoms with Crippen LogP contribution in [0.25, 0.3) is 0 Å². The highest BCUT2D eigenvalue weighted by atomic mass is 32.1. The zero-order valence-electron chi connectivity index (χ0n) is 12.2. The summed E-state index contributed by atoms with van der Waals surface area (Å²) in [6.45, 7) is 8.77. The Morgan fingerprint density at radius 3 is 2.90 bits per heavy atom. The fourth-order valence-corrected chi connectivity index (χ4v) is 3.70. The molecule has 2 aromatic rings. The largest absolute Gasteiger partial charge is 0.333 e. The lowest BCUT2D eigenvalue weighted by atomic mass is 9.92. The molecule has 0 aliphatic carbocycles. The molecule has 0 N–H and O–H groups in total. The monoisotopic (exact) mass is 291 g/mol. The van der Waals surface area contributed by atoms with Crippen molar-refractivity contribution in [2.75, 3.05) is 13.1 Å². The van der Waals surface area contributed by atoms with Crippen LogP contribution in [0.2, 0.25) is 0 Å². The standard InChI is InChI=1S/C14H21N5S/c1-10-4-6-18(8-13(10)19-7-5-15-9-19)11(2)14-17-16-12(3)20-14/h5,7,9-11,13H,4,6,8H2,1-3H3/t10-,11+,13+/m1/s1. The molecule has 3 rings (SSSR count). The van der Waals surface area contributed by atoms with Gasteiger partial charge in [0, 0.05) is 25.0 Å². The van der Waals surface area contributed by atoms with Crippen LogP contribution in [0.1, 0.15) is 42.4 Å². The summed E-state index contributed by atoms with van der Waals surface area (Å²) in [5.41, 5.74) is 0. The van der Waals surface area contributed by atoms with Crippen molar-refractivity contribution in [1.82, 2.24) is 24.6 Å². The Morgan fingerprint density at radius 2 is 2.25 bits per heavy atom. The molecular weight excluding hydrogens is 270 g/mol. The maximum absolute atomic E-state index is 4.31. The third-order valence-electron chi connectivity index (χ3n) is 4.30. The number of hydrogen-bond acceptors (Lipinski definition) is 5. The predicted octanol–water partition coefficient (Wildman–Crippen LogP) is 2.69. The molecule has 2 aromatic heterocycles. The van der Waals surface area contributed by atoms with Crippen LogP contribution in [0.15, 0.2) is 18.7 Å². The number of piperidine rings is 1. The molecule has 1 aliphatic rings. The maximum atomic E-state index is 4.31. The number of rotatable bonds is 3. The molecule has 20 heavy (non-hydrogen) atoms. The van der Waals surface area contributed by atoms with Crippen LogP contribution < -0.4 is 0 Å². The minimum Gasteiger partial charge on any atom is -0.333 e. The second kappa shape index (κ2) is 5.61. The van der Waals surface area contributed by atoms with E-state index in [9.17, 15) is 0 Å². The summed E-state index contributed by atoms with van der Waals surface area (Å²) < 4.78 is 2.24. The van der Waals surface area contributed by atoms with Gasteiger partial charge in [-0.25, -0.2) is 4.98 Å². The lowest BCUT2D eigenvalue weighted by Gasteiger charge is -2.40. The van der Waals surface area contributed by atoms with Crippen molar-refractivity contribution in [3.8, 4) is 0 Å². The second-order valence-corrected chi connectivity index (χ2v) is 6.89. The van der Waals surface area contributed by atoms with E-state index < -0.39 is 0 Å². The molecular formula is C14H21N5S. The highest BCUT2D eigenvalue weighted by Gasteiger charge is 2.31. The van der Waals surface area contributed by atoms with Crippen LogP contribution in [0.3, 0.4) is 0 Å². The Balaban J connectivity index is 1.75. The highest BCUT2D eigenvalue weighted by molar-refractivity contribution is 7.11. The third-order valence-corrected chi connectivity index (χ3v) is 5.31. The van der Waals surface area contributed by atoms with Crippen LogP contribution in [-0.2, 0) is 0 Å². The number of nitrogens with zero attached hydrogens (tertiary/aromatic N) is 5. The predicted molar refractivity (Wildman–Crippen MR) is 79.7 cm³/mol. The zero-order chi connectivity index (χ0) is 14.1. The Bertz CT molecular complexity index is 550. The number of hydrogen-bond donors (Lipinski definition) is 0. The molecule has 0 unspecified atom stereocenters. The minimum atomic E-state index is 0.347. The van der Waals surface area contributed by atoms with Gasteiger partial charge in [0.2, 0.25) is 0 Å². The molecule has 1 aliphatic heterocycles. The van der Waals surface area contributed by atoms with Gasteiger partial charge >= 0.3 is 0 Å². The molecule has 1 fully saturated rings. The number of aromatic nitrogens is 4. The van der Waals surface area contributed by atoms with E-state index in [0.29, 0.717) is 18.0 Å². The Labute approximate surface area is 123 Å². The van der Waals surface area contributed by atoms with E-state index in [-0.39, 0.29) is 0 Å². The van der Waals surface area contributed by atoms with Gasteiger partial charge in [-0.2, -0.15) is 0 Å². The average Bonchev–Trinajstić information content (AvgIpc) is 3.09. The van der Waals surface area contributed by atoms with Gasteiger partial charge in [-0.3, -0.25) is 4.90 Å². The van der Waals surface area contributed by atoms with E-state index in [0.717, 1.165) is 23.1 Å². The van der Waals surface area contributed by atoms with Gasteiger partial charge in [0.05, 0.1) is 12.4 Å². The fourth-order valence-electron chi connectivity index (χ4n) is 2.92. The van der Waals surface area contributed by atoms with Gasteiger partial charge < -0.3 is 4.57 Å². The van der Waals surface area contributed by atoms with Crippen LogP contribution in [0.5, 0.6) is 0 Å². The highest BCUT2D eigenvalue weighted by Crippen LogP contribution is 2.33. The molecule has 3 atom stereocenters. The number of imidazole rings is 1. The summed E-state index contributed by atoms with van der Waals surface area (Å²) in [7, 11) is 0. The first-order chi connectivity index (χ1) is 9.65. The lowest BCUT2D eigenvalue weighted by Crippen LogP contribution is -2.41. The van der Waals surface area contributed by atoms with E-state index >= 15 is 0 Å². The first kappa shape index (κ1) is 13.7. The molecule has 0 spiro atoms. The van der Waals surface area contributed by atoms with Crippen molar-refractivity contribution in [2.24, 2.45) is 5.92 Å². The molecule has 5 nitrogen and oxygen atoms in total. The molecule has 0 amide bonds. The first-order valence-electron chi connectivity index (χ1n) is 7.16. The Kier molecular flexibility index (Phi) is 3.85. The van der Waals surface area contributed by atoms with Crippen LogP contribution in [0.4, 0.5) is 0 Å². The molecule has 0 aromatic carbocycles. The molecule has 0 bridgehead atoms. The molecule has 0 saturated carbocycles. The van der Waals surface area contributed by atoms with E-state index in [4.69, 9.17) is 0 Å². The number of aryl methyl sites for hydroxylation is 1.